The van der Waals surface area contributed by atoms with E-state index in [1.54, 1.807) is 7.05 Å². The van der Waals surface area contributed by atoms with Crippen LogP contribution in [0.3, 0.4) is 0 Å². The van der Waals surface area contributed by atoms with E-state index in [2.05, 4.69) is 0 Å². The molecule has 104 valence electrons. The number of hydrogen-bond acceptors (Lipinski definition) is 4. The van der Waals surface area contributed by atoms with Crippen LogP contribution in [0.1, 0.15) is 12.8 Å². The second-order valence-electron chi connectivity index (χ2n) is 4.68. The van der Waals surface area contributed by atoms with Gasteiger partial charge in [0.1, 0.15) is 16.5 Å². The maximum atomic E-state index is 13.6. The molecule has 0 radical (unpaired) electrons. The molecule has 1 amide bonds. The fourth-order valence-electron chi connectivity index (χ4n) is 1.78. The Labute approximate surface area is 111 Å². The predicted molar refractivity (Wildman–Crippen MR) is 68.7 cm³/mol. The number of nitrogens with two attached hydrogens (primary N) is 1. The molecule has 0 spiro atoms. The lowest BCUT2D eigenvalue weighted by molar-refractivity contribution is -0.127. The Kier molecular flexibility index (Phi) is 3.49. The molecule has 1 aliphatic rings. The molecule has 5 nitrogen and oxygen atoms in total. The van der Waals surface area contributed by atoms with Crippen molar-refractivity contribution in [1.82, 2.24) is 4.90 Å². The van der Waals surface area contributed by atoms with Gasteiger partial charge >= 0.3 is 0 Å². The number of benzene rings is 1. The summed E-state index contributed by atoms with van der Waals surface area (Å²) in [6, 6.07) is 3.44. The number of hydrogen-bond donors (Lipinski definition) is 1. The summed E-state index contributed by atoms with van der Waals surface area (Å²) in [6.07, 6.45) is 1.77. The molecule has 0 saturated heterocycles. The second-order valence-corrected chi connectivity index (χ2v) is 6.64. The minimum absolute atomic E-state index is 0.124. The molecule has 1 saturated carbocycles. The smallest absolute Gasteiger partial charge is 0.238 e. The number of carbonyl (C=O) groups is 1. The predicted octanol–water partition coefficient (Wildman–Crippen LogP) is 0.802. The third-order valence-corrected chi connectivity index (χ3v) is 4.72. The fraction of sp³-hybridized carbons (Fsp3) is 0.417. The van der Waals surface area contributed by atoms with E-state index in [0.717, 1.165) is 25.0 Å². The molecular weight excluding hydrogens is 271 g/mol. The van der Waals surface area contributed by atoms with Crippen LogP contribution in [-0.2, 0) is 14.6 Å². The van der Waals surface area contributed by atoms with Gasteiger partial charge in [0.05, 0.1) is 0 Å². The maximum Gasteiger partial charge on any atom is 0.238 e. The highest BCUT2D eigenvalue weighted by molar-refractivity contribution is 7.92. The topological polar surface area (TPSA) is 80.5 Å². The van der Waals surface area contributed by atoms with Crippen molar-refractivity contribution in [2.24, 2.45) is 0 Å². The van der Waals surface area contributed by atoms with Crippen molar-refractivity contribution in [2.75, 3.05) is 18.5 Å². The van der Waals surface area contributed by atoms with Crippen molar-refractivity contribution in [2.45, 2.75) is 23.8 Å². The number of amides is 1. The molecule has 0 unspecified atom stereocenters. The highest BCUT2D eigenvalue weighted by Crippen LogP contribution is 2.26. The molecule has 0 heterocycles. The van der Waals surface area contributed by atoms with E-state index >= 15 is 0 Å². The standard InChI is InChI=1S/C12H15FN2O3S/c1-15(9-3-4-9)12(16)7-19(17,18)11-5-2-8(14)6-10(11)13/h2,5-6,9H,3-4,7,14H2,1H3. The summed E-state index contributed by atoms with van der Waals surface area (Å²) in [4.78, 5) is 12.7. The molecule has 0 atom stereocenters. The molecule has 0 aliphatic heterocycles. The van der Waals surface area contributed by atoms with Gasteiger partial charge in [-0.05, 0) is 31.0 Å². The molecule has 2 rings (SSSR count). The fourth-order valence-corrected chi connectivity index (χ4v) is 3.09. The van der Waals surface area contributed by atoms with Crippen LogP contribution in [0, 0.1) is 5.82 Å². The van der Waals surface area contributed by atoms with Gasteiger partial charge in [-0.25, -0.2) is 12.8 Å². The van der Waals surface area contributed by atoms with Crippen molar-refractivity contribution in [3.63, 3.8) is 0 Å². The van der Waals surface area contributed by atoms with Gasteiger partial charge in [-0.2, -0.15) is 0 Å². The van der Waals surface area contributed by atoms with E-state index in [-0.39, 0.29) is 11.7 Å². The maximum absolute atomic E-state index is 13.6. The van der Waals surface area contributed by atoms with Gasteiger partial charge in [-0.3, -0.25) is 4.79 Å². The number of halogens is 1. The summed E-state index contributed by atoms with van der Waals surface area (Å²) >= 11 is 0. The van der Waals surface area contributed by atoms with Crippen LogP contribution in [0.5, 0.6) is 0 Å². The van der Waals surface area contributed by atoms with Gasteiger partial charge in [0.25, 0.3) is 0 Å². The number of nitrogens with zero attached hydrogens (tertiary/aromatic N) is 1. The molecule has 2 N–H and O–H groups in total. The van der Waals surface area contributed by atoms with Crippen molar-refractivity contribution in [3.05, 3.63) is 24.0 Å². The van der Waals surface area contributed by atoms with Crippen LogP contribution in [-0.4, -0.2) is 38.1 Å². The molecule has 19 heavy (non-hydrogen) atoms. The summed E-state index contributed by atoms with van der Waals surface area (Å²) < 4.78 is 37.6. The van der Waals surface area contributed by atoms with Crippen molar-refractivity contribution < 1.29 is 17.6 Å². The molecule has 0 bridgehead atoms. The van der Waals surface area contributed by atoms with Crippen LogP contribution < -0.4 is 5.73 Å². The van der Waals surface area contributed by atoms with Crippen LogP contribution in [0.15, 0.2) is 23.1 Å². The van der Waals surface area contributed by atoms with Crippen LogP contribution in [0.4, 0.5) is 10.1 Å². The van der Waals surface area contributed by atoms with E-state index in [0.29, 0.717) is 0 Å². The molecule has 1 aromatic rings. The Morgan fingerprint density at radius 3 is 2.63 bits per heavy atom. The highest BCUT2D eigenvalue weighted by atomic mass is 32.2. The highest BCUT2D eigenvalue weighted by Gasteiger charge is 2.32. The van der Waals surface area contributed by atoms with Gasteiger partial charge in [0, 0.05) is 18.8 Å². The van der Waals surface area contributed by atoms with Crippen molar-refractivity contribution in [1.29, 1.82) is 0 Å². The Hall–Kier alpha value is -1.63. The van der Waals surface area contributed by atoms with E-state index in [1.165, 1.54) is 11.0 Å². The van der Waals surface area contributed by atoms with Gasteiger partial charge in [-0.15, -0.1) is 0 Å². The number of carbonyl (C=O) groups excluding carboxylic acids is 1. The first-order valence-electron chi connectivity index (χ1n) is 5.85. The van der Waals surface area contributed by atoms with E-state index in [9.17, 15) is 17.6 Å². The van der Waals surface area contributed by atoms with Gasteiger partial charge in [-0.1, -0.05) is 0 Å². The summed E-state index contributed by atoms with van der Waals surface area (Å²) in [7, 11) is -2.42. The van der Waals surface area contributed by atoms with Crippen molar-refractivity contribution in [3.8, 4) is 0 Å². The van der Waals surface area contributed by atoms with Crippen LogP contribution in [0.25, 0.3) is 0 Å². The first kappa shape index (κ1) is 13.8. The van der Waals surface area contributed by atoms with Gasteiger partial charge in [0.2, 0.25) is 5.91 Å². The Bertz CT molecular complexity index is 611. The zero-order chi connectivity index (χ0) is 14.2. The molecule has 7 heteroatoms. The summed E-state index contributed by atoms with van der Waals surface area (Å²) in [5.74, 6) is -2.17. The lowest BCUT2D eigenvalue weighted by Gasteiger charge is -2.16. The lowest BCUT2D eigenvalue weighted by atomic mass is 10.3. The lowest BCUT2D eigenvalue weighted by Crippen LogP contribution is -2.34. The number of sulfone groups is 1. The SMILES string of the molecule is CN(C(=O)CS(=O)(=O)c1ccc(N)cc1F)C1CC1. The summed E-state index contributed by atoms with van der Waals surface area (Å²) in [5, 5.41) is 0. The first-order chi connectivity index (χ1) is 8.81. The quantitative estimate of drug-likeness (QED) is 0.830. The summed E-state index contributed by atoms with van der Waals surface area (Å²) in [6.45, 7) is 0. The Morgan fingerprint density at radius 1 is 1.47 bits per heavy atom. The second kappa shape index (κ2) is 4.80. The number of rotatable bonds is 4. The van der Waals surface area contributed by atoms with Gasteiger partial charge in [0.15, 0.2) is 9.84 Å². The minimum Gasteiger partial charge on any atom is -0.399 e. The minimum atomic E-state index is -3.98. The van der Waals surface area contributed by atoms with Gasteiger partial charge < -0.3 is 10.6 Å². The average molecular weight is 286 g/mol. The Morgan fingerprint density at radius 2 is 2.11 bits per heavy atom. The van der Waals surface area contributed by atoms with Crippen LogP contribution in [0.2, 0.25) is 0 Å². The molecule has 1 aliphatic carbocycles. The average Bonchev–Trinajstić information content (AvgIpc) is 3.10. The van der Waals surface area contributed by atoms with E-state index in [1.807, 2.05) is 0 Å². The Balaban J connectivity index is 2.20. The molecular formula is C12H15FN2O3S. The zero-order valence-corrected chi connectivity index (χ0v) is 11.3. The monoisotopic (exact) mass is 286 g/mol. The molecule has 1 aromatic carbocycles. The number of nitrogen functional groups attached to an aromatic ring is 1. The first-order valence-corrected chi connectivity index (χ1v) is 7.50. The van der Waals surface area contributed by atoms with E-state index < -0.39 is 32.2 Å². The third kappa shape index (κ3) is 3.04. The number of anilines is 1. The summed E-state index contributed by atoms with van der Waals surface area (Å²) in [5.41, 5.74) is 5.50. The van der Waals surface area contributed by atoms with E-state index in [4.69, 9.17) is 5.73 Å². The third-order valence-electron chi connectivity index (χ3n) is 3.09. The molecule has 0 aromatic heterocycles. The zero-order valence-electron chi connectivity index (χ0n) is 10.5. The van der Waals surface area contributed by atoms with Crippen molar-refractivity contribution >= 4 is 21.4 Å². The largest absolute Gasteiger partial charge is 0.399 e. The molecule has 1 fully saturated rings. The normalized spacial score (nSPS) is 15.3. The van der Waals surface area contributed by atoms with Crippen LogP contribution >= 0.6 is 0 Å².